The molecule has 0 atom stereocenters. The lowest BCUT2D eigenvalue weighted by molar-refractivity contribution is -0.137. The van der Waals surface area contributed by atoms with Crippen LogP contribution in [0.25, 0.3) is 11.3 Å². The number of nitrogens with two attached hydrogens (primary N) is 1. The average Bonchev–Trinajstić information content (AvgIpc) is 4.50. The third kappa shape index (κ3) is 21.6. The van der Waals surface area contributed by atoms with Gasteiger partial charge in [-0.3, -0.25) is 34.1 Å². The molecule has 5 N–H and O–H groups in total. The van der Waals surface area contributed by atoms with E-state index in [0.717, 1.165) is 160 Å². The Kier molecular flexibility index (Phi) is 25.8. The molecule has 0 bridgehead atoms. The maximum atomic E-state index is 13.9. The van der Waals surface area contributed by atoms with Crippen molar-refractivity contribution in [3.05, 3.63) is 113 Å². The summed E-state index contributed by atoms with van der Waals surface area (Å²) in [6.07, 6.45) is 7.54. The van der Waals surface area contributed by atoms with Gasteiger partial charge in [0.25, 0.3) is 17.7 Å². The summed E-state index contributed by atoms with van der Waals surface area (Å²) in [6.45, 7) is 17.4. The lowest BCUT2D eigenvalue weighted by atomic mass is 10.0. The molecule has 4 saturated heterocycles. The molecule has 7 aliphatic rings. The summed E-state index contributed by atoms with van der Waals surface area (Å²) < 4.78 is 55.6. The number of hydrogen-bond donors (Lipinski definition) is 4. The van der Waals surface area contributed by atoms with Crippen LogP contribution >= 0.6 is 24.0 Å². The van der Waals surface area contributed by atoms with Crippen molar-refractivity contribution in [2.45, 2.75) is 88.6 Å². The van der Waals surface area contributed by atoms with Gasteiger partial charge in [0, 0.05) is 150 Å². The first-order valence-electron chi connectivity index (χ1n) is 28.9. The van der Waals surface area contributed by atoms with E-state index < -0.39 is 23.6 Å². The van der Waals surface area contributed by atoms with Crippen LogP contribution in [0, 0.1) is 0 Å². The quantitative estimate of drug-likeness (QED) is 0.0708. The average molecular weight is 1170 g/mol. The molecule has 3 aromatic carbocycles. The van der Waals surface area contributed by atoms with Gasteiger partial charge in [0.1, 0.15) is 0 Å². The normalized spacial score (nSPS) is 18.8. The third-order valence-corrected chi connectivity index (χ3v) is 15.2. The predicted octanol–water partition coefficient (Wildman–Crippen LogP) is 8.03. The number of carbonyl (C=O) groups excluding carboxylic acids is 3. The lowest BCUT2D eigenvalue weighted by Gasteiger charge is -2.30. The molecule has 16 nitrogen and oxygen atoms in total. The molecule has 3 saturated carbocycles. The number of morpholine rings is 3. The highest BCUT2D eigenvalue weighted by Gasteiger charge is 2.34. The highest BCUT2D eigenvalue weighted by Crippen LogP contribution is 2.34. The van der Waals surface area contributed by atoms with E-state index in [4.69, 9.17) is 31.5 Å². The Morgan fingerprint density at radius 2 is 1.28 bits per heavy atom. The largest absolute Gasteiger partial charge is 0.416 e. The smallest absolute Gasteiger partial charge is 0.379 e. The second-order valence-electron chi connectivity index (χ2n) is 21.5. The van der Waals surface area contributed by atoms with Crippen molar-refractivity contribution < 1.29 is 41.8 Å². The predicted molar refractivity (Wildman–Crippen MR) is 315 cm³/mol. The number of anilines is 2. The number of alkyl halides is 4. The van der Waals surface area contributed by atoms with E-state index in [9.17, 15) is 27.6 Å². The lowest BCUT2D eigenvalue weighted by Crippen LogP contribution is -2.43. The van der Waals surface area contributed by atoms with Gasteiger partial charge < -0.3 is 45.7 Å². The van der Waals surface area contributed by atoms with Crippen molar-refractivity contribution in [1.82, 2.24) is 35.2 Å². The minimum absolute atomic E-state index is 0. The Bertz CT molecular complexity index is 2570. The highest BCUT2D eigenvalue weighted by molar-refractivity contribution is 6.18. The molecule has 81 heavy (non-hydrogen) atoms. The fourth-order valence-corrected chi connectivity index (χ4v) is 9.95. The van der Waals surface area contributed by atoms with E-state index in [0.29, 0.717) is 59.4 Å². The van der Waals surface area contributed by atoms with E-state index in [-0.39, 0.29) is 36.5 Å². The maximum Gasteiger partial charge on any atom is 0.416 e. The van der Waals surface area contributed by atoms with Crippen molar-refractivity contribution in [1.29, 1.82) is 0 Å². The minimum atomic E-state index is -4.49. The molecule has 4 aromatic rings. The monoisotopic (exact) mass is 1170 g/mol. The van der Waals surface area contributed by atoms with Gasteiger partial charge in [0.2, 0.25) is 0 Å². The van der Waals surface area contributed by atoms with Gasteiger partial charge in [0.15, 0.2) is 0 Å². The van der Waals surface area contributed by atoms with Crippen LogP contribution in [0.15, 0.2) is 85.1 Å². The molecule has 3 aliphatic carbocycles. The standard InChI is InChI=1S/C42H45F3N6O4.C9H18N2O.C6H12ClNO.C3H7N.ClH/c43-42(44,45)33-9-4-6-29(24-33)28-47-39(52)31-14-15-46-38(26-31)36-27-35(50-16-2-1-3-17-50)12-13-37(36)48-40(53)30-7-5-8-32(25-30)41(54)51(34-10-11-34)19-18-49-20-22-55-23-21-49;1-2-9(1)10-3-4-11-5-7-12-8-6-11;7-1-2-8-3-5-9-6-4-8;4-3-1-2-3;/h4-9,12-15,24-27,34H,1-3,10-11,16-23,28H2,(H,47,52)(H,48,53);9-10H,1-8H2;1-6H2;3H,1-2,4H2;1H. The Hall–Kier alpha value is -4.93. The number of pyridine rings is 1. The van der Waals surface area contributed by atoms with Crippen LogP contribution in [0.1, 0.15) is 100.0 Å². The van der Waals surface area contributed by atoms with Gasteiger partial charge in [-0.25, -0.2) is 0 Å². The fraction of sp³-hybridized carbons (Fsp3) is 0.567. The van der Waals surface area contributed by atoms with Crippen molar-refractivity contribution in [2.24, 2.45) is 5.73 Å². The van der Waals surface area contributed by atoms with Crippen LogP contribution < -0.4 is 26.6 Å². The van der Waals surface area contributed by atoms with Crippen molar-refractivity contribution in [3.8, 4) is 11.3 Å². The zero-order valence-corrected chi connectivity index (χ0v) is 48.2. The Labute approximate surface area is 487 Å². The number of amides is 3. The molecule has 21 heteroatoms. The van der Waals surface area contributed by atoms with Crippen molar-refractivity contribution >= 4 is 53.1 Å². The summed E-state index contributed by atoms with van der Waals surface area (Å²) in [5, 5.41) is 9.27. The van der Waals surface area contributed by atoms with E-state index in [1.165, 1.54) is 56.6 Å². The van der Waals surface area contributed by atoms with Gasteiger partial charge in [-0.1, -0.05) is 18.2 Å². The summed E-state index contributed by atoms with van der Waals surface area (Å²) in [6, 6.07) is 22.1. The first kappa shape index (κ1) is 63.6. The molecule has 4 aliphatic heterocycles. The maximum absolute atomic E-state index is 13.9. The van der Waals surface area contributed by atoms with Crippen molar-refractivity contribution in [2.75, 3.05) is 141 Å². The van der Waals surface area contributed by atoms with E-state index in [2.05, 4.69) is 40.5 Å². The van der Waals surface area contributed by atoms with Crippen LogP contribution in [-0.2, 0) is 26.9 Å². The summed E-state index contributed by atoms with van der Waals surface area (Å²) in [5.41, 5.74) is 8.26. The van der Waals surface area contributed by atoms with Crippen LogP contribution in [0.3, 0.4) is 0 Å². The first-order valence-corrected chi connectivity index (χ1v) is 29.4. The molecule has 0 spiro atoms. The summed E-state index contributed by atoms with van der Waals surface area (Å²) in [7, 11) is 0. The molecule has 1 aromatic heterocycles. The van der Waals surface area contributed by atoms with Gasteiger partial charge >= 0.3 is 6.18 Å². The molecular weight excluding hydrogens is 1080 g/mol. The molecule has 11 rings (SSSR count). The number of piperidine rings is 1. The van der Waals surface area contributed by atoms with E-state index >= 15 is 0 Å². The number of carbonyl (C=O) groups is 3. The summed E-state index contributed by atoms with van der Waals surface area (Å²) in [5.74, 6) is -0.238. The Balaban J connectivity index is 0.000000295. The van der Waals surface area contributed by atoms with E-state index in [1.54, 1.807) is 30.3 Å². The van der Waals surface area contributed by atoms with Gasteiger partial charge in [-0.2, -0.15) is 13.2 Å². The number of hydrogen-bond acceptors (Lipinski definition) is 13. The number of ether oxygens (including phenoxy) is 3. The second-order valence-corrected chi connectivity index (χ2v) is 21.8. The molecule has 7 fully saturated rings. The SMILES string of the molecule is C(CN1CCOCC1)NC1CC1.Cl.ClCCN1CCOCC1.NC1CC1.O=C(NCc1cccc(C(F)(F)F)c1)c1ccnc(-c2cc(N3CCCCC3)ccc2NC(=O)c2cccc(C(=O)N(CCN3CCOCC3)C3CC3)c2)c1. The zero-order chi connectivity index (χ0) is 56.1. The topological polar surface area (TPSA) is 170 Å². The molecule has 3 amide bonds. The first-order chi connectivity index (χ1) is 38.9. The van der Waals surface area contributed by atoms with Crippen LogP contribution in [-0.4, -0.2) is 191 Å². The van der Waals surface area contributed by atoms with Gasteiger partial charge in [0.05, 0.1) is 56.6 Å². The Morgan fingerprint density at radius 3 is 1.89 bits per heavy atom. The summed E-state index contributed by atoms with van der Waals surface area (Å²) in [4.78, 5) is 56.8. The Morgan fingerprint density at radius 1 is 0.679 bits per heavy atom. The van der Waals surface area contributed by atoms with Crippen molar-refractivity contribution in [3.63, 3.8) is 0 Å². The number of nitrogens with zero attached hydrogens (tertiary/aromatic N) is 6. The molecule has 0 unspecified atom stereocenters. The number of halogens is 5. The number of rotatable bonds is 18. The zero-order valence-electron chi connectivity index (χ0n) is 46.7. The minimum Gasteiger partial charge on any atom is -0.379 e. The number of nitrogens with one attached hydrogen (secondary N) is 3. The second kappa shape index (κ2) is 32.8. The molecule has 0 radical (unpaired) electrons. The van der Waals surface area contributed by atoms with E-state index in [1.807, 2.05) is 23.1 Å². The third-order valence-electron chi connectivity index (χ3n) is 15.0. The highest BCUT2D eigenvalue weighted by atomic mass is 35.5. The number of benzene rings is 3. The molecular formula is C60H83Cl2F3N10O6. The van der Waals surface area contributed by atoms with Crippen LogP contribution in [0.5, 0.6) is 0 Å². The summed E-state index contributed by atoms with van der Waals surface area (Å²) >= 11 is 5.55. The molecule has 444 valence electrons. The van der Waals surface area contributed by atoms with Crippen LogP contribution in [0.4, 0.5) is 24.5 Å². The molecule has 5 heterocycles. The van der Waals surface area contributed by atoms with Gasteiger partial charge in [-0.05, 0) is 124 Å². The fourth-order valence-electron chi connectivity index (χ4n) is 9.71. The number of aromatic nitrogens is 1. The van der Waals surface area contributed by atoms with Gasteiger partial charge in [-0.15, -0.1) is 24.0 Å². The van der Waals surface area contributed by atoms with Crippen LogP contribution in [0.2, 0.25) is 0 Å².